The summed E-state index contributed by atoms with van der Waals surface area (Å²) in [6, 6.07) is 8.07. The van der Waals surface area contributed by atoms with E-state index in [1.807, 2.05) is 31.2 Å². The van der Waals surface area contributed by atoms with Crippen LogP contribution in [0.2, 0.25) is 0 Å². The second-order valence-electron chi connectivity index (χ2n) is 7.40. The van der Waals surface area contributed by atoms with E-state index in [1.54, 1.807) is 4.68 Å². The summed E-state index contributed by atoms with van der Waals surface area (Å²) in [4.78, 5) is 15.2. The molecule has 2 saturated heterocycles. The molecule has 0 spiro atoms. The number of carbonyl (C=O) groups is 1. The van der Waals surface area contributed by atoms with E-state index in [2.05, 4.69) is 25.7 Å². The van der Waals surface area contributed by atoms with Crippen LogP contribution in [-0.4, -0.2) is 56.7 Å². The molecule has 1 aromatic carbocycles. The standard InChI is InChI=1S/C19H26N6O/c1-14-21-22-23-25(14)17-9-7-15(8-10-17)19(26)20-13-16-5-4-12-24-11-3-2-6-18(16)24/h7-10,16,18H,2-6,11-13H2,1H3,(H,20,26)/t16-,18-/m1/s1. The topological polar surface area (TPSA) is 75.9 Å². The number of hydrogen-bond acceptors (Lipinski definition) is 5. The zero-order valence-corrected chi connectivity index (χ0v) is 15.3. The molecule has 2 aliphatic heterocycles. The van der Waals surface area contributed by atoms with E-state index in [0.717, 1.165) is 18.1 Å². The molecule has 3 heterocycles. The first-order valence-electron chi connectivity index (χ1n) is 9.60. The van der Waals surface area contributed by atoms with Crippen molar-refractivity contribution in [2.75, 3.05) is 19.6 Å². The molecular formula is C19H26N6O. The van der Waals surface area contributed by atoms with Gasteiger partial charge in [-0.1, -0.05) is 6.42 Å². The fourth-order valence-corrected chi connectivity index (χ4v) is 4.37. The van der Waals surface area contributed by atoms with Crippen LogP contribution >= 0.6 is 0 Å². The van der Waals surface area contributed by atoms with Crippen molar-refractivity contribution in [3.05, 3.63) is 35.7 Å². The highest BCUT2D eigenvalue weighted by Crippen LogP contribution is 2.30. The van der Waals surface area contributed by atoms with Crippen molar-refractivity contribution in [2.45, 2.75) is 45.1 Å². The molecule has 2 aliphatic rings. The number of fused-ring (bicyclic) bond motifs is 1. The summed E-state index contributed by atoms with van der Waals surface area (Å²) in [5.41, 5.74) is 1.53. The molecule has 1 N–H and O–H groups in total. The van der Waals surface area contributed by atoms with Crippen molar-refractivity contribution < 1.29 is 4.79 Å². The van der Waals surface area contributed by atoms with Crippen LogP contribution in [0.25, 0.3) is 5.69 Å². The second-order valence-corrected chi connectivity index (χ2v) is 7.40. The number of carbonyl (C=O) groups excluding carboxylic acids is 1. The summed E-state index contributed by atoms with van der Waals surface area (Å²) in [6.07, 6.45) is 6.39. The first-order valence-corrected chi connectivity index (χ1v) is 9.60. The number of benzene rings is 1. The Labute approximate surface area is 153 Å². The van der Waals surface area contributed by atoms with Crippen LogP contribution in [0.4, 0.5) is 0 Å². The van der Waals surface area contributed by atoms with E-state index in [9.17, 15) is 4.79 Å². The van der Waals surface area contributed by atoms with E-state index in [-0.39, 0.29) is 5.91 Å². The van der Waals surface area contributed by atoms with Crippen LogP contribution in [0.1, 0.15) is 48.3 Å². The van der Waals surface area contributed by atoms with Crippen molar-refractivity contribution in [3.63, 3.8) is 0 Å². The fraction of sp³-hybridized carbons (Fsp3) is 0.579. The lowest BCUT2D eigenvalue weighted by molar-refractivity contribution is 0.0575. The Kier molecular flexibility index (Phi) is 4.97. The van der Waals surface area contributed by atoms with Gasteiger partial charge in [-0.25, -0.2) is 0 Å². The molecule has 7 nitrogen and oxygen atoms in total. The molecule has 0 radical (unpaired) electrons. The lowest BCUT2D eigenvalue weighted by Crippen LogP contribution is -2.51. The Balaban J connectivity index is 1.36. The van der Waals surface area contributed by atoms with Crippen molar-refractivity contribution in [3.8, 4) is 5.69 Å². The van der Waals surface area contributed by atoms with Gasteiger partial charge in [0, 0.05) is 18.2 Å². The van der Waals surface area contributed by atoms with Gasteiger partial charge in [-0.15, -0.1) is 5.10 Å². The zero-order valence-electron chi connectivity index (χ0n) is 15.3. The van der Waals surface area contributed by atoms with Gasteiger partial charge in [-0.05, 0) is 86.3 Å². The summed E-state index contributed by atoms with van der Waals surface area (Å²) < 4.78 is 1.65. The fourth-order valence-electron chi connectivity index (χ4n) is 4.37. The highest BCUT2D eigenvalue weighted by atomic mass is 16.1. The van der Waals surface area contributed by atoms with Crippen LogP contribution in [0.15, 0.2) is 24.3 Å². The number of hydrogen-bond donors (Lipinski definition) is 1. The van der Waals surface area contributed by atoms with Gasteiger partial charge < -0.3 is 10.2 Å². The van der Waals surface area contributed by atoms with Gasteiger partial charge in [-0.2, -0.15) is 4.68 Å². The van der Waals surface area contributed by atoms with Gasteiger partial charge in [0.25, 0.3) is 5.91 Å². The maximum Gasteiger partial charge on any atom is 0.251 e. The molecule has 7 heteroatoms. The number of aryl methyl sites for hydroxylation is 1. The summed E-state index contributed by atoms with van der Waals surface area (Å²) in [7, 11) is 0. The molecule has 1 aromatic heterocycles. The van der Waals surface area contributed by atoms with E-state index in [4.69, 9.17) is 0 Å². The SMILES string of the molecule is Cc1nnnn1-c1ccc(C(=O)NC[C@H]2CCCN3CCCC[C@H]23)cc1. The Morgan fingerprint density at radius 2 is 1.96 bits per heavy atom. The Morgan fingerprint density at radius 3 is 2.73 bits per heavy atom. The minimum absolute atomic E-state index is 0.00193. The van der Waals surface area contributed by atoms with Gasteiger partial charge in [0.1, 0.15) is 0 Å². The number of nitrogens with zero attached hydrogens (tertiary/aromatic N) is 5. The minimum atomic E-state index is -0.00193. The quantitative estimate of drug-likeness (QED) is 0.908. The maximum atomic E-state index is 12.5. The number of amides is 1. The van der Waals surface area contributed by atoms with E-state index in [0.29, 0.717) is 17.5 Å². The van der Waals surface area contributed by atoms with Gasteiger partial charge in [0.2, 0.25) is 0 Å². The predicted octanol–water partition coefficient (Wildman–Crippen LogP) is 1.97. The average molecular weight is 354 g/mol. The first kappa shape index (κ1) is 17.1. The van der Waals surface area contributed by atoms with Crippen molar-refractivity contribution in [1.82, 2.24) is 30.4 Å². The number of aromatic nitrogens is 4. The maximum absolute atomic E-state index is 12.5. The number of piperidine rings is 2. The third-order valence-corrected chi connectivity index (χ3v) is 5.75. The van der Waals surface area contributed by atoms with E-state index >= 15 is 0 Å². The van der Waals surface area contributed by atoms with Gasteiger partial charge >= 0.3 is 0 Å². The van der Waals surface area contributed by atoms with Crippen molar-refractivity contribution in [1.29, 1.82) is 0 Å². The minimum Gasteiger partial charge on any atom is -0.352 e. The van der Waals surface area contributed by atoms with Gasteiger partial charge in [0.05, 0.1) is 5.69 Å². The summed E-state index contributed by atoms with van der Waals surface area (Å²) >= 11 is 0. The molecule has 0 saturated carbocycles. The Bertz CT molecular complexity index is 754. The Morgan fingerprint density at radius 1 is 1.15 bits per heavy atom. The lowest BCUT2D eigenvalue weighted by atomic mass is 9.83. The van der Waals surface area contributed by atoms with Crippen LogP contribution < -0.4 is 5.32 Å². The van der Waals surface area contributed by atoms with E-state index in [1.165, 1.54) is 45.2 Å². The molecule has 0 bridgehead atoms. The third-order valence-electron chi connectivity index (χ3n) is 5.75. The number of rotatable bonds is 4. The molecule has 26 heavy (non-hydrogen) atoms. The summed E-state index contributed by atoms with van der Waals surface area (Å²) in [6.45, 7) is 5.08. The largest absolute Gasteiger partial charge is 0.352 e. The van der Waals surface area contributed by atoms with Crippen LogP contribution in [-0.2, 0) is 0 Å². The number of tetrazole rings is 1. The monoisotopic (exact) mass is 354 g/mol. The molecule has 2 aromatic rings. The molecule has 1 amide bonds. The highest BCUT2D eigenvalue weighted by molar-refractivity contribution is 5.94. The second kappa shape index (κ2) is 7.53. The average Bonchev–Trinajstić information content (AvgIpc) is 3.12. The molecule has 138 valence electrons. The summed E-state index contributed by atoms with van der Waals surface area (Å²) in [5.74, 6) is 1.30. The van der Waals surface area contributed by atoms with Crippen LogP contribution in [0.3, 0.4) is 0 Å². The normalized spacial score (nSPS) is 23.4. The predicted molar refractivity (Wildman–Crippen MR) is 98.2 cm³/mol. The number of nitrogens with one attached hydrogen (secondary N) is 1. The molecule has 4 rings (SSSR count). The van der Waals surface area contributed by atoms with Gasteiger partial charge in [-0.3, -0.25) is 4.79 Å². The van der Waals surface area contributed by atoms with Crippen molar-refractivity contribution >= 4 is 5.91 Å². The van der Waals surface area contributed by atoms with E-state index < -0.39 is 0 Å². The Hall–Kier alpha value is -2.28. The third kappa shape index (κ3) is 3.49. The smallest absolute Gasteiger partial charge is 0.251 e. The molecule has 0 aliphatic carbocycles. The highest BCUT2D eigenvalue weighted by Gasteiger charge is 2.32. The first-order chi connectivity index (χ1) is 12.7. The molecular weight excluding hydrogens is 328 g/mol. The van der Waals surface area contributed by atoms with Gasteiger partial charge in [0.15, 0.2) is 5.82 Å². The summed E-state index contributed by atoms with van der Waals surface area (Å²) in [5, 5.41) is 14.6. The van der Waals surface area contributed by atoms with Crippen LogP contribution in [0.5, 0.6) is 0 Å². The lowest BCUT2D eigenvalue weighted by Gasteiger charge is -2.44. The zero-order chi connectivity index (χ0) is 17.9. The molecule has 2 atom stereocenters. The van der Waals surface area contributed by atoms with Crippen molar-refractivity contribution in [2.24, 2.45) is 5.92 Å². The van der Waals surface area contributed by atoms with Crippen LogP contribution in [0, 0.1) is 12.8 Å². The molecule has 2 fully saturated rings. The molecule has 0 unspecified atom stereocenters.